The summed E-state index contributed by atoms with van der Waals surface area (Å²) < 4.78 is 9.80. The summed E-state index contributed by atoms with van der Waals surface area (Å²) in [6.07, 6.45) is 3.65. The van der Waals surface area contributed by atoms with E-state index in [0.29, 0.717) is 17.6 Å². The second-order valence-corrected chi connectivity index (χ2v) is 3.80. The molecule has 0 radical (unpaired) electrons. The number of carbonyl (C=O) groups excluding carboxylic acids is 1. The Labute approximate surface area is 93.8 Å². The first-order valence-electron chi connectivity index (χ1n) is 5.21. The van der Waals surface area contributed by atoms with Crippen LogP contribution in [0.3, 0.4) is 0 Å². The van der Waals surface area contributed by atoms with Gasteiger partial charge in [-0.25, -0.2) is 4.98 Å². The lowest BCUT2D eigenvalue weighted by Gasteiger charge is -2.12. The molecule has 0 N–H and O–H groups in total. The minimum atomic E-state index is -0.347. The van der Waals surface area contributed by atoms with Crippen molar-refractivity contribution in [3.8, 4) is 5.88 Å². The van der Waals surface area contributed by atoms with E-state index in [1.165, 1.54) is 14.2 Å². The molecule has 1 aliphatic carbocycles. The lowest BCUT2D eigenvalue weighted by molar-refractivity contribution is -0.143. The maximum absolute atomic E-state index is 11.7. The first-order valence-corrected chi connectivity index (χ1v) is 5.21. The molecule has 2 rings (SSSR count). The molecular weight excluding hydrogens is 208 g/mol. The number of rotatable bonds is 4. The molecule has 1 aromatic heterocycles. The monoisotopic (exact) mass is 222 g/mol. The number of methoxy groups -OCH3 is 2. The van der Waals surface area contributed by atoms with E-state index in [0.717, 1.165) is 12.8 Å². The minimum Gasteiger partial charge on any atom is -0.481 e. The van der Waals surface area contributed by atoms with Gasteiger partial charge in [0.15, 0.2) is 0 Å². The molecule has 0 aromatic carbocycles. The minimum absolute atomic E-state index is 0.268. The molecule has 1 aliphatic rings. The van der Waals surface area contributed by atoms with Crippen molar-refractivity contribution in [3.05, 3.63) is 18.1 Å². The van der Waals surface area contributed by atoms with Gasteiger partial charge < -0.3 is 9.47 Å². The fraction of sp³-hybridized carbons (Fsp3) is 0.545. The highest BCUT2D eigenvalue weighted by atomic mass is 16.5. The fourth-order valence-corrected chi connectivity index (χ4v) is 1.69. The normalized spacial score (nSPS) is 16.6. The topological polar surface area (TPSA) is 61.3 Å². The Morgan fingerprint density at radius 2 is 2.25 bits per heavy atom. The van der Waals surface area contributed by atoms with E-state index in [2.05, 4.69) is 9.97 Å². The van der Waals surface area contributed by atoms with Crippen molar-refractivity contribution in [1.82, 2.24) is 9.97 Å². The van der Waals surface area contributed by atoms with Crippen LogP contribution in [0.1, 0.15) is 24.6 Å². The van der Waals surface area contributed by atoms with Gasteiger partial charge in [-0.1, -0.05) is 0 Å². The van der Waals surface area contributed by atoms with Crippen molar-refractivity contribution in [2.75, 3.05) is 14.2 Å². The highest BCUT2D eigenvalue weighted by molar-refractivity contribution is 5.77. The van der Waals surface area contributed by atoms with Crippen molar-refractivity contribution in [3.63, 3.8) is 0 Å². The number of hydrogen-bond donors (Lipinski definition) is 0. The Kier molecular flexibility index (Phi) is 3.03. The summed E-state index contributed by atoms with van der Waals surface area (Å²) in [5.74, 6) is 0.670. The Balaban J connectivity index is 2.27. The van der Waals surface area contributed by atoms with Crippen LogP contribution in [0, 0.1) is 5.92 Å². The van der Waals surface area contributed by atoms with Gasteiger partial charge in [-0.2, -0.15) is 4.98 Å². The van der Waals surface area contributed by atoms with Gasteiger partial charge >= 0.3 is 5.97 Å². The summed E-state index contributed by atoms with van der Waals surface area (Å²) in [6, 6.07) is 1.66. The molecule has 0 aliphatic heterocycles. The number of carbonyl (C=O) groups is 1. The molecule has 1 saturated carbocycles. The molecule has 0 saturated heterocycles. The molecule has 1 aromatic rings. The van der Waals surface area contributed by atoms with E-state index >= 15 is 0 Å². The molecule has 0 amide bonds. The molecule has 1 atom stereocenters. The van der Waals surface area contributed by atoms with Crippen LogP contribution in [-0.2, 0) is 9.53 Å². The first-order chi connectivity index (χ1) is 7.76. The number of ether oxygens (including phenoxy) is 2. The summed E-state index contributed by atoms with van der Waals surface area (Å²) >= 11 is 0. The van der Waals surface area contributed by atoms with E-state index in [1.54, 1.807) is 12.3 Å². The Morgan fingerprint density at radius 3 is 2.81 bits per heavy atom. The zero-order chi connectivity index (χ0) is 11.5. The van der Waals surface area contributed by atoms with Crippen molar-refractivity contribution >= 4 is 5.97 Å². The van der Waals surface area contributed by atoms with Crippen molar-refractivity contribution < 1.29 is 14.3 Å². The Hall–Kier alpha value is -1.65. The highest BCUT2D eigenvalue weighted by Gasteiger charge is 2.40. The lowest BCUT2D eigenvalue weighted by Crippen LogP contribution is -2.19. The third kappa shape index (κ3) is 2.13. The molecule has 1 unspecified atom stereocenters. The average molecular weight is 222 g/mol. The average Bonchev–Trinajstić information content (AvgIpc) is 3.14. The van der Waals surface area contributed by atoms with E-state index in [1.807, 2.05) is 0 Å². The number of esters is 1. The van der Waals surface area contributed by atoms with Crippen LogP contribution in [0.4, 0.5) is 0 Å². The van der Waals surface area contributed by atoms with Crippen LogP contribution >= 0.6 is 0 Å². The van der Waals surface area contributed by atoms with Gasteiger partial charge in [-0.05, 0) is 18.8 Å². The predicted molar refractivity (Wildman–Crippen MR) is 56.1 cm³/mol. The van der Waals surface area contributed by atoms with Gasteiger partial charge in [-0.3, -0.25) is 4.79 Å². The third-order valence-electron chi connectivity index (χ3n) is 2.68. The summed E-state index contributed by atoms with van der Waals surface area (Å²) in [4.78, 5) is 20.0. The number of hydrogen-bond acceptors (Lipinski definition) is 5. The van der Waals surface area contributed by atoms with Crippen molar-refractivity contribution in [1.29, 1.82) is 0 Å². The van der Waals surface area contributed by atoms with Gasteiger partial charge in [0.1, 0.15) is 11.7 Å². The van der Waals surface area contributed by atoms with Crippen LogP contribution in [0.5, 0.6) is 5.88 Å². The largest absolute Gasteiger partial charge is 0.481 e. The molecule has 0 spiro atoms. The van der Waals surface area contributed by atoms with Gasteiger partial charge in [0.2, 0.25) is 5.88 Å². The van der Waals surface area contributed by atoms with Gasteiger partial charge in [0.25, 0.3) is 0 Å². The Morgan fingerprint density at radius 1 is 1.50 bits per heavy atom. The predicted octanol–water partition coefficient (Wildman–Crippen LogP) is 1.15. The molecule has 0 bridgehead atoms. The SMILES string of the molecule is COC(=O)C(c1nccc(OC)n1)C1CC1. The number of aromatic nitrogens is 2. The molecule has 5 nitrogen and oxygen atoms in total. The molecule has 1 fully saturated rings. The maximum atomic E-state index is 11.7. The summed E-state index contributed by atoms with van der Waals surface area (Å²) in [5, 5.41) is 0. The van der Waals surface area contributed by atoms with Crippen LogP contribution in [0.2, 0.25) is 0 Å². The van der Waals surface area contributed by atoms with Crippen molar-refractivity contribution in [2.24, 2.45) is 5.92 Å². The lowest BCUT2D eigenvalue weighted by atomic mass is 10.0. The third-order valence-corrected chi connectivity index (χ3v) is 2.68. The molecular formula is C11H14N2O3. The number of nitrogens with zero attached hydrogens (tertiary/aromatic N) is 2. The van der Waals surface area contributed by atoms with E-state index in [-0.39, 0.29) is 11.9 Å². The summed E-state index contributed by atoms with van der Waals surface area (Å²) in [5.41, 5.74) is 0. The summed E-state index contributed by atoms with van der Waals surface area (Å²) in [7, 11) is 2.92. The smallest absolute Gasteiger partial charge is 0.316 e. The van der Waals surface area contributed by atoms with Gasteiger partial charge in [0, 0.05) is 12.3 Å². The van der Waals surface area contributed by atoms with Crippen LogP contribution in [0.15, 0.2) is 12.3 Å². The second kappa shape index (κ2) is 4.47. The maximum Gasteiger partial charge on any atom is 0.316 e. The van der Waals surface area contributed by atoms with E-state index in [9.17, 15) is 4.79 Å². The first kappa shape index (κ1) is 10.9. The standard InChI is InChI=1S/C11H14N2O3/c1-15-8-5-6-12-10(13-8)9(7-3-4-7)11(14)16-2/h5-7,9H,3-4H2,1-2H3. The summed E-state index contributed by atoms with van der Waals surface area (Å²) in [6.45, 7) is 0. The quantitative estimate of drug-likeness (QED) is 0.715. The molecule has 1 heterocycles. The zero-order valence-corrected chi connectivity index (χ0v) is 9.34. The van der Waals surface area contributed by atoms with Gasteiger partial charge in [-0.15, -0.1) is 0 Å². The second-order valence-electron chi connectivity index (χ2n) is 3.80. The molecule has 86 valence electrons. The zero-order valence-electron chi connectivity index (χ0n) is 9.34. The molecule has 16 heavy (non-hydrogen) atoms. The van der Waals surface area contributed by atoms with Crippen LogP contribution < -0.4 is 4.74 Å². The van der Waals surface area contributed by atoms with Crippen LogP contribution in [-0.4, -0.2) is 30.2 Å². The van der Waals surface area contributed by atoms with E-state index < -0.39 is 0 Å². The van der Waals surface area contributed by atoms with Crippen molar-refractivity contribution in [2.45, 2.75) is 18.8 Å². The Bertz CT molecular complexity index is 391. The van der Waals surface area contributed by atoms with E-state index in [4.69, 9.17) is 9.47 Å². The fourth-order valence-electron chi connectivity index (χ4n) is 1.69. The van der Waals surface area contributed by atoms with Crippen LogP contribution in [0.25, 0.3) is 0 Å². The highest BCUT2D eigenvalue weighted by Crippen LogP contribution is 2.42. The molecule has 5 heteroatoms. The van der Waals surface area contributed by atoms with Gasteiger partial charge in [0.05, 0.1) is 14.2 Å².